The van der Waals surface area contributed by atoms with Gasteiger partial charge >= 0.3 is 12.2 Å². The third kappa shape index (κ3) is 20.2. The Morgan fingerprint density at radius 1 is 0.648 bits per heavy atom. The maximum atomic E-state index is 11.9. The third-order valence-corrected chi connectivity index (χ3v) is 10.3. The monoisotopic (exact) mass is 766 g/mol. The Bertz CT molecular complexity index is 1070. The summed E-state index contributed by atoms with van der Waals surface area (Å²) >= 11 is 0. The standard InChI is InChI=1S/C15H29N3O2.C10H21N3.C8H15NO3.C7H14N2/c1-15(2,3)20-14(19)16(4)7-8-17-9-11-18(12-10-17)13-5-6-13;1-11-4-5-12-6-8-13(9-7-12)10-2-3-10;1-8(2,3)12-7(11)9(4)5-6-10;1-2-7(1)9-5-3-8-4-6-9/h13H,5-12H2,1-4H3;10-11H,2-9H2,1H3;6H,5H2,1-4H3;7-8H,1-6H2. The Hall–Kier alpha value is -2.07. The molecular weight excluding hydrogens is 686 g/mol. The van der Waals surface area contributed by atoms with Crippen molar-refractivity contribution in [2.75, 3.05) is 132 Å². The Labute approximate surface area is 328 Å². The second-order valence-corrected chi connectivity index (χ2v) is 17.8. The van der Waals surface area contributed by atoms with E-state index in [1.54, 1.807) is 25.7 Å². The average molecular weight is 766 g/mol. The van der Waals surface area contributed by atoms with Gasteiger partial charge < -0.3 is 34.7 Å². The van der Waals surface area contributed by atoms with Gasteiger partial charge in [0.15, 0.2) is 0 Å². The highest BCUT2D eigenvalue weighted by Crippen LogP contribution is 2.28. The number of aldehydes is 1. The zero-order chi connectivity index (χ0) is 39.7. The van der Waals surface area contributed by atoms with Gasteiger partial charge in [-0.05, 0) is 87.1 Å². The van der Waals surface area contributed by atoms with E-state index in [4.69, 9.17) is 9.47 Å². The molecule has 3 saturated carbocycles. The molecule has 0 aromatic carbocycles. The predicted molar refractivity (Wildman–Crippen MR) is 217 cm³/mol. The third-order valence-electron chi connectivity index (χ3n) is 10.3. The molecule has 0 radical (unpaired) electrons. The lowest BCUT2D eigenvalue weighted by Gasteiger charge is -2.35. The van der Waals surface area contributed by atoms with E-state index >= 15 is 0 Å². The van der Waals surface area contributed by atoms with Crippen LogP contribution >= 0.6 is 0 Å². The van der Waals surface area contributed by atoms with Crippen molar-refractivity contribution in [3.63, 3.8) is 0 Å². The number of carbonyl (C=O) groups excluding carboxylic acids is 3. The number of likely N-dealkylation sites (N-methyl/N-ethyl adjacent to an activating group) is 3. The summed E-state index contributed by atoms with van der Waals surface area (Å²) in [6.07, 6.45) is 8.56. The van der Waals surface area contributed by atoms with E-state index in [-0.39, 0.29) is 12.6 Å². The molecule has 14 nitrogen and oxygen atoms in total. The molecule has 6 aliphatic rings. The largest absolute Gasteiger partial charge is 0.444 e. The zero-order valence-electron chi connectivity index (χ0n) is 35.7. The van der Waals surface area contributed by atoms with Crippen LogP contribution in [0.5, 0.6) is 0 Å². The van der Waals surface area contributed by atoms with Crippen LogP contribution in [0, 0.1) is 0 Å². The van der Waals surface area contributed by atoms with Crippen LogP contribution in [0.3, 0.4) is 0 Å². The number of hydrogen-bond acceptors (Lipinski definition) is 12. The van der Waals surface area contributed by atoms with Gasteiger partial charge in [0.05, 0.1) is 6.54 Å². The van der Waals surface area contributed by atoms with Crippen molar-refractivity contribution in [3.8, 4) is 0 Å². The molecule has 2 amide bonds. The Balaban J connectivity index is 0.000000202. The number of rotatable bonds is 11. The van der Waals surface area contributed by atoms with E-state index in [9.17, 15) is 14.4 Å². The molecule has 3 saturated heterocycles. The van der Waals surface area contributed by atoms with Crippen LogP contribution in [0.25, 0.3) is 0 Å². The number of carbonyl (C=O) groups is 3. The Kier molecular flexibility index (Phi) is 19.9. The summed E-state index contributed by atoms with van der Waals surface area (Å²) in [5.74, 6) is 0. The zero-order valence-corrected chi connectivity index (χ0v) is 35.7. The maximum Gasteiger partial charge on any atom is 0.410 e. The Morgan fingerprint density at radius 3 is 1.41 bits per heavy atom. The van der Waals surface area contributed by atoms with E-state index in [0.717, 1.165) is 50.8 Å². The average Bonchev–Trinajstić information content (AvgIpc) is 3.98. The van der Waals surface area contributed by atoms with Crippen LogP contribution in [-0.2, 0) is 14.3 Å². The molecule has 314 valence electrons. The first-order valence-electron chi connectivity index (χ1n) is 20.9. The van der Waals surface area contributed by atoms with Crippen LogP contribution in [0.2, 0.25) is 0 Å². The fraction of sp³-hybridized carbons (Fsp3) is 0.925. The highest BCUT2D eigenvalue weighted by atomic mass is 16.6. The van der Waals surface area contributed by atoms with Crippen molar-refractivity contribution >= 4 is 18.5 Å². The minimum absolute atomic E-state index is 0.0644. The van der Waals surface area contributed by atoms with Gasteiger partial charge in [-0.25, -0.2) is 9.59 Å². The molecule has 54 heavy (non-hydrogen) atoms. The van der Waals surface area contributed by atoms with Gasteiger partial charge in [0.2, 0.25) is 0 Å². The van der Waals surface area contributed by atoms with Gasteiger partial charge in [0, 0.05) is 137 Å². The van der Waals surface area contributed by atoms with Crippen LogP contribution in [-0.4, -0.2) is 215 Å². The van der Waals surface area contributed by atoms with E-state index in [2.05, 4.69) is 35.1 Å². The predicted octanol–water partition coefficient (Wildman–Crippen LogP) is 2.73. The van der Waals surface area contributed by atoms with Crippen molar-refractivity contribution in [1.82, 2.24) is 44.9 Å². The van der Waals surface area contributed by atoms with Gasteiger partial charge in [0.25, 0.3) is 0 Å². The van der Waals surface area contributed by atoms with E-state index in [1.807, 2.05) is 34.9 Å². The molecule has 0 aromatic rings. The summed E-state index contributed by atoms with van der Waals surface area (Å²) in [6, 6.07) is 2.82. The molecule has 3 aliphatic heterocycles. The first kappa shape index (κ1) is 46.3. The molecule has 0 aromatic heterocycles. The second-order valence-electron chi connectivity index (χ2n) is 17.8. The molecule has 0 bridgehead atoms. The highest BCUT2D eigenvalue weighted by molar-refractivity contribution is 5.71. The Morgan fingerprint density at radius 2 is 1.04 bits per heavy atom. The summed E-state index contributed by atoms with van der Waals surface area (Å²) < 4.78 is 10.3. The van der Waals surface area contributed by atoms with E-state index in [0.29, 0.717) is 6.29 Å². The normalized spacial score (nSPS) is 21.9. The van der Waals surface area contributed by atoms with Gasteiger partial charge in [-0.15, -0.1) is 0 Å². The topological polar surface area (TPSA) is 116 Å². The molecule has 14 heteroatoms. The highest BCUT2D eigenvalue weighted by Gasteiger charge is 2.32. The fourth-order valence-corrected chi connectivity index (χ4v) is 6.59. The number of nitrogens with one attached hydrogen (secondary N) is 2. The lowest BCUT2D eigenvalue weighted by atomic mass is 10.2. The van der Waals surface area contributed by atoms with Crippen molar-refractivity contribution in [1.29, 1.82) is 0 Å². The van der Waals surface area contributed by atoms with Gasteiger partial charge in [-0.2, -0.15) is 0 Å². The second kappa shape index (κ2) is 23.2. The smallest absolute Gasteiger partial charge is 0.410 e. The maximum absolute atomic E-state index is 11.9. The SMILES string of the molecule is C1CN(C2CC2)CCN1.CN(CC=O)C(=O)OC(C)(C)C.CN(CCN1CCN(C2CC2)CC1)C(=O)OC(C)(C)C.CNCCN1CCN(C2CC2)CC1. The minimum atomic E-state index is -0.506. The van der Waals surface area contributed by atoms with E-state index < -0.39 is 17.3 Å². The summed E-state index contributed by atoms with van der Waals surface area (Å²) in [7, 11) is 5.36. The first-order chi connectivity index (χ1) is 25.6. The van der Waals surface area contributed by atoms with Crippen molar-refractivity contribution in [2.24, 2.45) is 0 Å². The number of nitrogens with zero attached hydrogens (tertiary/aromatic N) is 7. The van der Waals surface area contributed by atoms with Crippen LogP contribution < -0.4 is 10.6 Å². The molecular formula is C40H79N9O5. The van der Waals surface area contributed by atoms with Crippen LogP contribution in [0.4, 0.5) is 9.59 Å². The molecule has 6 rings (SSSR count). The molecule has 0 spiro atoms. The minimum Gasteiger partial charge on any atom is -0.444 e. The van der Waals surface area contributed by atoms with Crippen LogP contribution in [0.1, 0.15) is 80.1 Å². The summed E-state index contributed by atoms with van der Waals surface area (Å²) in [5.41, 5.74) is -0.921. The van der Waals surface area contributed by atoms with Crippen molar-refractivity contribution in [2.45, 2.75) is 109 Å². The first-order valence-corrected chi connectivity index (χ1v) is 20.9. The molecule has 0 unspecified atom stereocenters. The fourth-order valence-electron chi connectivity index (χ4n) is 6.59. The summed E-state index contributed by atoms with van der Waals surface area (Å²) in [6.45, 7) is 29.8. The van der Waals surface area contributed by atoms with Crippen molar-refractivity contribution in [3.05, 3.63) is 0 Å². The number of ether oxygens (including phenoxy) is 2. The lowest BCUT2D eigenvalue weighted by Crippen LogP contribution is -2.49. The van der Waals surface area contributed by atoms with Gasteiger partial charge in [-0.1, -0.05) is 0 Å². The summed E-state index contributed by atoms with van der Waals surface area (Å²) in [5, 5.41) is 6.56. The number of hydrogen-bond donors (Lipinski definition) is 2. The molecule has 6 fully saturated rings. The molecule has 2 N–H and O–H groups in total. The van der Waals surface area contributed by atoms with Crippen LogP contribution in [0.15, 0.2) is 0 Å². The van der Waals surface area contributed by atoms with Gasteiger partial charge in [0.1, 0.15) is 17.5 Å². The van der Waals surface area contributed by atoms with Crippen molar-refractivity contribution < 1.29 is 23.9 Å². The number of amides is 2. The molecule has 3 heterocycles. The van der Waals surface area contributed by atoms with Gasteiger partial charge in [-0.3, -0.25) is 24.5 Å². The van der Waals surface area contributed by atoms with E-state index in [1.165, 1.54) is 122 Å². The molecule has 0 atom stereocenters. The molecule has 3 aliphatic carbocycles. The number of piperazine rings is 3. The lowest BCUT2D eigenvalue weighted by molar-refractivity contribution is -0.108. The summed E-state index contributed by atoms with van der Waals surface area (Å²) in [4.78, 5) is 48.8. The quantitative estimate of drug-likeness (QED) is 0.302.